The molecule has 0 heterocycles. The summed E-state index contributed by atoms with van der Waals surface area (Å²) < 4.78 is 9.94. The van der Waals surface area contributed by atoms with Crippen molar-refractivity contribution in [3.8, 4) is 11.5 Å². The van der Waals surface area contributed by atoms with Gasteiger partial charge in [0.1, 0.15) is 0 Å². The van der Waals surface area contributed by atoms with Crippen LogP contribution in [0.2, 0.25) is 0 Å². The van der Waals surface area contributed by atoms with E-state index >= 15 is 0 Å². The molecule has 0 aliphatic rings. The monoisotopic (exact) mass is 224 g/mol. The number of hydrogen-bond donors (Lipinski definition) is 1. The molecule has 0 aliphatic heterocycles. The maximum absolute atomic E-state index is 11.5. The SMILES string of the molecule is CCCCOC(=O)c1ccc(O)c(OC)c1. The second kappa shape index (κ2) is 6.00. The van der Waals surface area contributed by atoms with E-state index in [0.29, 0.717) is 12.2 Å². The van der Waals surface area contributed by atoms with E-state index in [4.69, 9.17) is 9.47 Å². The van der Waals surface area contributed by atoms with E-state index in [1.165, 1.54) is 25.3 Å². The summed E-state index contributed by atoms with van der Waals surface area (Å²) in [5, 5.41) is 9.35. The quantitative estimate of drug-likeness (QED) is 0.616. The third kappa shape index (κ3) is 3.15. The largest absolute Gasteiger partial charge is 0.504 e. The number of phenols is 1. The lowest BCUT2D eigenvalue weighted by molar-refractivity contribution is 0.0499. The van der Waals surface area contributed by atoms with Crippen LogP contribution in [-0.2, 0) is 4.74 Å². The summed E-state index contributed by atoms with van der Waals surface area (Å²) in [4.78, 5) is 11.5. The van der Waals surface area contributed by atoms with Gasteiger partial charge in [-0.1, -0.05) is 13.3 Å². The van der Waals surface area contributed by atoms with Gasteiger partial charge < -0.3 is 14.6 Å². The minimum atomic E-state index is -0.397. The second-order valence-electron chi connectivity index (χ2n) is 3.38. The minimum Gasteiger partial charge on any atom is -0.504 e. The molecule has 4 nitrogen and oxygen atoms in total. The van der Waals surface area contributed by atoms with Crippen molar-refractivity contribution in [3.05, 3.63) is 23.8 Å². The number of aromatic hydroxyl groups is 1. The molecule has 1 rings (SSSR count). The number of esters is 1. The van der Waals surface area contributed by atoms with Gasteiger partial charge in [-0.3, -0.25) is 0 Å². The van der Waals surface area contributed by atoms with E-state index in [1.54, 1.807) is 0 Å². The molecule has 0 bridgehead atoms. The summed E-state index contributed by atoms with van der Waals surface area (Å²) >= 11 is 0. The number of unbranched alkanes of at least 4 members (excludes halogenated alkanes) is 1. The predicted molar refractivity (Wildman–Crippen MR) is 59.8 cm³/mol. The molecule has 0 unspecified atom stereocenters. The fraction of sp³-hybridized carbons (Fsp3) is 0.417. The highest BCUT2D eigenvalue weighted by Crippen LogP contribution is 2.26. The molecule has 0 aliphatic carbocycles. The molecule has 0 amide bonds. The molecule has 1 aromatic rings. The molecular weight excluding hydrogens is 208 g/mol. The maximum Gasteiger partial charge on any atom is 0.338 e. The van der Waals surface area contributed by atoms with Gasteiger partial charge in [-0.25, -0.2) is 4.79 Å². The Bertz CT molecular complexity index is 360. The third-order valence-electron chi connectivity index (χ3n) is 2.15. The first kappa shape index (κ1) is 12.4. The Labute approximate surface area is 94.8 Å². The summed E-state index contributed by atoms with van der Waals surface area (Å²) in [6.45, 7) is 2.44. The van der Waals surface area contributed by atoms with E-state index in [1.807, 2.05) is 6.92 Å². The molecule has 0 aromatic heterocycles. The average Bonchev–Trinajstić information content (AvgIpc) is 2.30. The summed E-state index contributed by atoms with van der Waals surface area (Å²) in [5.41, 5.74) is 0.380. The van der Waals surface area contributed by atoms with Crippen LogP contribution in [0.15, 0.2) is 18.2 Å². The van der Waals surface area contributed by atoms with Crippen LogP contribution in [0.5, 0.6) is 11.5 Å². The number of carbonyl (C=O) groups is 1. The van der Waals surface area contributed by atoms with Gasteiger partial charge in [0.2, 0.25) is 0 Å². The van der Waals surface area contributed by atoms with E-state index in [2.05, 4.69) is 0 Å². The first-order valence-corrected chi connectivity index (χ1v) is 5.23. The fourth-order valence-corrected chi connectivity index (χ4v) is 1.20. The number of hydrogen-bond acceptors (Lipinski definition) is 4. The Balaban J connectivity index is 2.68. The molecule has 16 heavy (non-hydrogen) atoms. The van der Waals surface area contributed by atoms with E-state index in [-0.39, 0.29) is 11.5 Å². The van der Waals surface area contributed by atoms with Crippen LogP contribution in [0.1, 0.15) is 30.1 Å². The second-order valence-corrected chi connectivity index (χ2v) is 3.38. The number of methoxy groups -OCH3 is 1. The Kier molecular flexibility index (Phi) is 4.64. The lowest BCUT2D eigenvalue weighted by Crippen LogP contribution is -2.06. The Morgan fingerprint density at radius 3 is 2.81 bits per heavy atom. The molecule has 0 atom stereocenters. The van der Waals surface area contributed by atoms with Crippen LogP contribution in [0, 0.1) is 0 Å². The van der Waals surface area contributed by atoms with E-state index < -0.39 is 5.97 Å². The third-order valence-corrected chi connectivity index (χ3v) is 2.15. The van der Waals surface area contributed by atoms with Gasteiger partial charge in [-0.15, -0.1) is 0 Å². The normalized spacial score (nSPS) is 9.88. The predicted octanol–water partition coefficient (Wildman–Crippen LogP) is 2.36. The summed E-state index contributed by atoms with van der Waals surface area (Å²) in [6, 6.07) is 4.38. The molecule has 1 N–H and O–H groups in total. The van der Waals surface area contributed by atoms with Crippen LogP contribution >= 0.6 is 0 Å². The van der Waals surface area contributed by atoms with Gasteiger partial charge in [-0.2, -0.15) is 0 Å². The van der Waals surface area contributed by atoms with Crippen molar-refractivity contribution >= 4 is 5.97 Å². The molecule has 88 valence electrons. The summed E-state index contributed by atoms with van der Waals surface area (Å²) in [7, 11) is 1.43. The lowest BCUT2D eigenvalue weighted by atomic mass is 10.2. The van der Waals surface area contributed by atoms with Crippen LogP contribution < -0.4 is 4.74 Å². The first-order chi connectivity index (χ1) is 7.69. The van der Waals surface area contributed by atoms with Crippen molar-refractivity contribution in [1.29, 1.82) is 0 Å². The van der Waals surface area contributed by atoms with Crippen LogP contribution in [0.3, 0.4) is 0 Å². The van der Waals surface area contributed by atoms with Crippen molar-refractivity contribution in [2.24, 2.45) is 0 Å². The van der Waals surface area contributed by atoms with Crippen molar-refractivity contribution in [3.63, 3.8) is 0 Å². The van der Waals surface area contributed by atoms with Crippen LogP contribution in [-0.4, -0.2) is 24.8 Å². The van der Waals surface area contributed by atoms with Gasteiger partial charge in [0, 0.05) is 0 Å². The maximum atomic E-state index is 11.5. The van der Waals surface area contributed by atoms with Crippen molar-refractivity contribution in [2.45, 2.75) is 19.8 Å². The highest BCUT2D eigenvalue weighted by atomic mass is 16.5. The molecule has 0 spiro atoms. The van der Waals surface area contributed by atoms with Crippen molar-refractivity contribution in [1.82, 2.24) is 0 Å². The van der Waals surface area contributed by atoms with Gasteiger partial charge in [0.15, 0.2) is 11.5 Å². The highest BCUT2D eigenvalue weighted by molar-refractivity contribution is 5.90. The average molecular weight is 224 g/mol. The lowest BCUT2D eigenvalue weighted by Gasteiger charge is -2.06. The standard InChI is InChI=1S/C12H16O4/c1-3-4-7-16-12(14)9-5-6-10(13)11(8-9)15-2/h5-6,8,13H,3-4,7H2,1-2H3. The Morgan fingerprint density at radius 2 is 2.19 bits per heavy atom. The van der Waals surface area contributed by atoms with Gasteiger partial charge in [0.25, 0.3) is 0 Å². The molecule has 0 saturated heterocycles. The molecular formula is C12H16O4. The topological polar surface area (TPSA) is 55.8 Å². The zero-order chi connectivity index (χ0) is 12.0. The van der Waals surface area contributed by atoms with Gasteiger partial charge in [0.05, 0.1) is 19.3 Å². The fourth-order valence-electron chi connectivity index (χ4n) is 1.20. The zero-order valence-corrected chi connectivity index (χ0v) is 9.53. The first-order valence-electron chi connectivity index (χ1n) is 5.23. The van der Waals surface area contributed by atoms with E-state index in [0.717, 1.165) is 12.8 Å². The van der Waals surface area contributed by atoms with Crippen LogP contribution in [0.25, 0.3) is 0 Å². The molecule has 4 heteroatoms. The molecule has 1 aromatic carbocycles. The van der Waals surface area contributed by atoms with Gasteiger partial charge >= 0.3 is 5.97 Å². The highest BCUT2D eigenvalue weighted by Gasteiger charge is 2.10. The number of rotatable bonds is 5. The molecule has 0 fully saturated rings. The smallest absolute Gasteiger partial charge is 0.338 e. The Morgan fingerprint density at radius 1 is 1.44 bits per heavy atom. The van der Waals surface area contributed by atoms with Crippen molar-refractivity contribution in [2.75, 3.05) is 13.7 Å². The number of carbonyl (C=O) groups excluding carboxylic acids is 1. The Hall–Kier alpha value is -1.71. The number of phenolic OH excluding ortho intramolecular Hbond substituents is 1. The van der Waals surface area contributed by atoms with Crippen LogP contribution in [0.4, 0.5) is 0 Å². The molecule has 0 radical (unpaired) electrons. The minimum absolute atomic E-state index is 0.00704. The molecule has 0 saturated carbocycles. The summed E-state index contributed by atoms with van der Waals surface area (Å²) in [6.07, 6.45) is 1.83. The van der Waals surface area contributed by atoms with E-state index in [9.17, 15) is 9.90 Å². The zero-order valence-electron chi connectivity index (χ0n) is 9.53. The summed E-state index contributed by atoms with van der Waals surface area (Å²) in [5.74, 6) is -0.121. The van der Waals surface area contributed by atoms with Gasteiger partial charge in [-0.05, 0) is 24.6 Å². The number of benzene rings is 1. The number of ether oxygens (including phenoxy) is 2. The van der Waals surface area contributed by atoms with Crippen molar-refractivity contribution < 1.29 is 19.4 Å².